The summed E-state index contributed by atoms with van der Waals surface area (Å²) in [6.07, 6.45) is 2.09. The van der Waals surface area contributed by atoms with Crippen LogP contribution in [-0.2, 0) is 15.4 Å². The summed E-state index contributed by atoms with van der Waals surface area (Å²) < 4.78 is 26.0. The molecule has 0 bridgehead atoms. The molecule has 1 aromatic carbocycles. The van der Waals surface area contributed by atoms with Crippen molar-refractivity contribution in [3.63, 3.8) is 0 Å². The van der Waals surface area contributed by atoms with Crippen LogP contribution < -0.4 is 0 Å². The predicted octanol–water partition coefficient (Wildman–Crippen LogP) is 3.88. The first-order valence-corrected chi connectivity index (χ1v) is 9.28. The highest BCUT2D eigenvalue weighted by Gasteiger charge is 2.28. The standard InChI is InChI=1S/C15H21ClN2O2S/c1-6-15(3,4)18-11-8-7-9-12(21(5,19)20)13(11)17-14(18)10(2)16/h7-10H,6H2,1-5H3. The Bertz CT molecular complexity index is 776. The summed E-state index contributed by atoms with van der Waals surface area (Å²) in [6.45, 7) is 8.15. The van der Waals surface area contributed by atoms with E-state index in [1.807, 2.05) is 13.0 Å². The number of benzene rings is 1. The number of para-hydroxylation sites is 1. The molecule has 1 atom stereocenters. The molecule has 0 aliphatic carbocycles. The van der Waals surface area contributed by atoms with E-state index in [-0.39, 0.29) is 15.8 Å². The molecule has 21 heavy (non-hydrogen) atoms. The molecule has 6 heteroatoms. The lowest BCUT2D eigenvalue weighted by Gasteiger charge is -2.28. The van der Waals surface area contributed by atoms with E-state index in [1.54, 1.807) is 12.1 Å². The summed E-state index contributed by atoms with van der Waals surface area (Å²) in [4.78, 5) is 4.80. The van der Waals surface area contributed by atoms with E-state index < -0.39 is 9.84 Å². The van der Waals surface area contributed by atoms with E-state index in [2.05, 4.69) is 30.3 Å². The van der Waals surface area contributed by atoms with Gasteiger partial charge in [0.2, 0.25) is 0 Å². The van der Waals surface area contributed by atoms with Crippen molar-refractivity contribution >= 4 is 32.5 Å². The van der Waals surface area contributed by atoms with Gasteiger partial charge in [0.1, 0.15) is 11.3 Å². The number of aromatic nitrogens is 2. The monoisotopic (exact) mass is 328 g/mol. The Morgan fingerprint density at radius 2 is 2.00 bits per heavy atom. The number of alkyl halides is 1. The zero-order valence-electron chi connectivity index (χ0n) is 13.0. The Hall–Kier alpha value is -1.07. The van der Waals surface area contributed by atoms with Gasteiger partial charge in [-0.25, -0.2) is 13.4 Å². The van der Waals surface area contributed by atoms with E-state index >= 15 is 0 Å². The van der Waals surface area contributed by atoms with Gasteiger partial charge in [0.15, 0.2) is 9.84 Å². The zero-order chi connectivity index (χ0) is 16.0. The molecule has 4 nitrogen and oxygen atoms in total. The third kappa shape index (κ3) is 2.81. The molecule has 2 rings (SSSR count). The Labute approximate surface area is 131 Å². The van der Waals surface area contributed by atoms with E-state index in [0.717, 1.165) is 11.9 Å². The maximum Gasteiger partial charge on any atom is 0.177 e. The molecule has 0 fully saturated rings. The third-order valence-corrected chi connectivity index (χ3v) is 5.22. The average Bonchev–Trinajstić information content (AvgIpc) is 2.77. The first kappa shape index (κ1) is 16.3. The molecule has 0 amide bonds. The number of hydrogen-bond acceptors (Lipinski definition) is 3. The van der Waals surface area contributed by atoms with E-state index in [0.29, 0.717) is 11.3 Å². The van der Waals surface area contributed by atoms with Crippen LogP contribution in [0.5, 0.6) is 0 Å². The van der Waals surface area contributed by atoms with Gasteiger partial charge in [-0.3, -0.25) is 0 Å². The minimum Gasteiger partial charge on any atom is -0.321 e. The fourth-order valence-electron chi connectivity index (χ4n) is 2.45. The quantitative estimate of drug-likeness (QED) is 0.800. The van der Waals surface area contributed by atoms with E-state index in [9.17, 15) is 8.42 Å². The zero-order valence-corrected chi connectivity index (χ0v) is 14.6. The van der Waals surface area contributed by atoms with Crippen molar-refractivity contribution in [2.45, 2.75) is 49.9 Å². The molecule has 0 saturated heterocycles. The molecule has 0 saturated carbocycles. The van der Waals surface area contributed by atoms with Crippen molar-refractivity contribution in [3.05, 3.63) is 24.0 Å². The maximum atomic E-state index is 12.0. The van der Waals surface area contributed by atoms with Crippen molar-refractivity contribution in [2.24, 2.45) is 0 Å². The Balaban J connectivity index is 2.94. The maximum absolute atomic E-state index is 12.0. The molecule has 2 aromatic rings. The fourth-order valence-corrected chi connectivity index (χ4v) is 3.43. The van der Waals surface area contributed by atoms with Crippen LogP contribution in [0, 0.1) is 0 Å². The van der Waals surface area contributed by atoms with Crippen LogP contribution in [0.1, 0.15) is 45.3 Å². The summed E-state index contributed by atoms with van der Waals surface area (Å²) in [5, 5.41) is -0.296. The van der Waals surface area contributed by atoms with Crippen LogP contribution in [0.15, 0.2) is 23.1 Å². The lowest BCUT2D eigenvalue weighted by atomic mass is 10.0. The van der Waals surface area contributed by atoms with E-state index in [1.165, 1.54) is 6.26 Å². The number of imidazole rings is 1. The molecule has 1 aromatic heterocycles. The van der Waals surface area contributed by atoms with Gasteiger partial charge in [0, 0.05) is 11.8 Å². The summed E-state index contributed by atoms with van der Waals surface area (Å²) in [7, 11) is -3.33. The van der Waals surface area contributed by atoms with Gasteiger partial charge < -0.3 is 4.57 Å². The molecule has 1 unspecified atom stereocenters. The molecular formula is C15H21ClN2O2S. The summed E-state index contributed by atoms with van der Waals surface area (Å²) in [5.41, 5.74) is 1.12. The van der Waals surface area contributed by atoms with Gasteiger partial charge >= 0.3 is 0 Å². The highest BCUT2D eigenvalue weighted by Crippen LogP contribution is 2.34. The number of rotatable bonds is 4. The molecule has 1 heterocycles. The average molecular weight is 329 g/mol. The van der Waals surface area contributed by atoms with Gasteiger partial charge in [-0.2, -0.15) is 0 Å². The molecule has 116 valence electrons. The largest absolute Gasteiger partial charge is 0.321 e. The number of nitrogens with zero attached hydrogens (tertiary/aromatic N) is 2. The van der Waals surface area contributed by atoms with Gasteiger partial charge in [-0.05, 0) is 39.3 Å². The second-order valence-electron chi connectivity index (χ2n) is 5.98. The topological polar surface area (TPSA) is 52.0 Å². The minimum atomic E-state index is -3.33. The van der Waals surface area contributed by atoms with Crippen LogP contribution in [-0.4, -0.2) is 24.2 Å². The number of sulfone groups is 1. The normalized spacial score (nSPS) is 14.6. The predicted molar refractivity (Wildman–Crippen MR) is 86.7 cm³/mol. The van der Waals surface area contributed by atoms with Crippen molar-refractivity contribution in [2.75, 3.05) is 6.26 Å². The molecule has 0 aliphatic rings. The fraction of sp³-hybridized carbons (Fsp3) is 0.533. The summed E-state index contributed by atoms with van der Waals surface area (Å²) in [6, 6.07) is 5.25. The molecule has 0 N–H and O–H groups in total. The highest BCUT2D eigenvalue weighted by molar-refractivity contribution is 7.91. The molecular weight excluding hydrogens is 308 g/mol. The van der Waals surface area contributed by atoms with Crippen LogP contribution in [0.25, 0.3) is 11.0 Å². The van der Waals surface area contributed by atoms with Crippen molar-refractivity contribution < 1.29 is 8.42 Å². The van der Waals surface area contributed by atoms with Gasteiger partial charge in [0.05, 0.1) is 15.8 Å². The van der Waals surface area contributed by atoms with E-state index in [4.69, 9.17) is 11.6 Å². The van der Waals surface area contributed by atoms with Crippen LogP contribution in [0.4, 0.5) is 0 Å². The van der Waals surface area contributed by atoms with Crippen molar-refractivity contribution in [3.8, 4) is 0 Å². The van der Waals surface area contributed by atoms with Gasteiger partial charge in [0.25, 0.3) is 0 Å². The highest BCUT2D eigenvalue weighted by atomic mass is 35.5. The molecule has 0 spiro atoms. The lowest BCUT2D eigenvalue weighted by molar-refractivity contribution is 0.341. The Morgan fingerprint density at radius 3 is 2.48 bits per heavy atom. The summed E-state index contributed by atoms with van der Waals surface area (Å²) in [5.74, 6) is 0.703. The third-order valence-electron chi connectivity index (χ3n) is 3.90. The smallest absolute Gasteiger partial charge is 0.177 e. The van der Waals surface area contributed by atoms with Gasteiger partial charge in [-0.15, -0.1) is 11.6 Å². The lowest BCUT2D eigenvalue weighted by Crippen LogP contribution is -2.27. The number of hydrogen-bond donors (Lipinski definition) is 0. The second kappa shape index (κ2) is 5.29. The SMILES string of the molecule is CCC(C)(C)n1c(C(C)Cl)nc2c(S(C)(=O)=O)cccc21. The second-order valence-corrected chi connectivity index (χ2v) is 8.62. The summed E-state index contributed by atoms with van der Waals surface area (Å²) >= 11 is 6.28. The number of fused-ring (bicyclic) bond motifs is 1. The first-order valence-electron chi connectivity index (χ1n) is 6.95. The molecule has 0 radical (unpaired) electrons. The first-order chi connectivity index (χ1) is 9.59. The van der Waals surface area contributed by atoms with Crippen molar-refractivity contribution in [1.82, 2.24) is 9.55 Å². The number of halogens is 1. The molecule has 0 aliphatic heterocycles. The van der Waals surface area contributed by atoms with Crippen LogP contribution in [0.2, 0.25) is 0 Å². The minimum absolute atomic E-state index is 0.191. The Morgan fingerprint density at radius 1 is 1.38 bits per heavy atom. The van der Waals surface area contributed by atoms with Crippen LogP contribution in [0.3, 0.4) is 0 Å². The van der Waals surface area contributed by atoms with Gasteiger partial charge in [-0.1, -0.05) is 13.0 Å². The van der Waals surface area contributed by atoms with Crippen molar-refractivity contribution in [1.29, 1.82) is 0 Å². The Kier molecular flexibility index (Phi) is 4.10. The van der Waals surface area contributed by atoms with Crippen LogP contribution >= 0.6 is 11.6 Å².